The summed E-state index contributed by atoms with van der Waals surface area (Å²) in [5, 5.41) is 0. The normalized spacial score (nSPS) is 12.7. The van der Waals surface area contributed by atoms with E-state index in [1.54, 1.807) is 13.2 Å². The van der Waals surface area contributed by atoms with Crippen molar-refractivity contribution < 1.29 is 9.13 Å². The molecular weight excluding hydrogens is 205 g/mol. The maximum atomic E-state index is 13.4. The largest absolute Gasteiger partial charge is 0.385 e. The third-order valence-electron chi connectivity index (χ3n) is 2.76. The molecule has 0 saturated carbocycles. The first-order chi connectivity index (χ1) is 7.77. The number of nitrogens with two attached hydrogens (primary N) is 1. The molecule has 1 aromatic carbocycles. The summed E-state index contributed by atoms with van der Waals surface area (Å²) in [6.45, 7) is 1.34. The van der Waals surface area contributed by atoms with Gasteiger partial charge in [-0.2, -0.15) is 0 Å². The second-order valence-corrected chi connectivity index (χ2v) is 4.03. The van der Waals surface area contributed by atoms with E-state index in [2.05, 4.69) is 0 Å². The van der Waals surface area contributed by atoms with Crippen LogP contribution in [0.3, 0.4) is 0 Å². The maximum Gasteiger partial charge on any atom is 0.126 e. The number of ether oxygens (including phenoxy) is 1. The molecule has 90 valence electrons. The van der Waals surface area contributed by atoms with Crippen LogP contribution in [0.4, 0.5) is 4.39 Å². The topological polar surface area (TPSA) is 35.2 Å². The molecule has 1 rings (SSSR count). The van der Waals surface area contributed by atoms with Gasteiger partial charge >= 0.3 is 0 Å². The molecular formula is C13H20FNO. The fourth-order valence-corrected chi connectivity index (χ4v) is 1.79. The highest BCUT2D eigenvalue weighted by Crippen LogP contribution is 2.15. The summed E-state index contributed by atoms with van der Waals surface area (Å²) in [6.07, 6.45) is 2.68. The zero-order valence-corrected chi connectivity index (χ0v) is 9.79. The standard InChI is InChI=1S/C13H20FNO/c1-16-8-4-5-11(10-15)9-12-6-2-3-7-13(12)14/h2-3,6-7,11H,4-5,8-10,15H2,1H3. The summed E-state index contributed by atoms with van der Waals surface area (Å²) in [5.41, 5.74) is 6.45. The van der Waals surface area contributed by atoms with Crippen molar-refractivity contribution in [3.05, 3.63) is 35.6 Å². The Balaban J connectivity index is 2.46. The molecule has 0 aliphatic heterocycles. The molecule has 16 heavy (non-hydrogen) atoms. The van der Waals surface area contributed by atoms with Gasteiger partial charge in [0.05, 0.1) is 0 Å². The lowest BCUT2D eigenvalue weighted by atomic mass is 9.95. The minimum absolute atomic E-state index is 0.132. The van der Waals surface area contributed by atoms with Gasteiger partial charge < -0.3 is 10.5 Å². The second-order valence-electron chi connectivity index (χ2n) is 4.03. The monoisotopic (exact) mass is 225 g/mol. The SMILES string of the molecule is COCCCC(CN)Cc1ccccc1F. The Morgan fingerprint density at radius 1 is 1.38 bits per heavy atom. The number of methoxy groups -OCH3 is 1. The van der Waals surface area contributed by atoms with Gasteiger partial charge in [-0.15, -0.1) is 0 Å². The highest BCUT2D eigenvalue weighted by molar-refractivity contribution is 5.17. The van der Waals surface area contributed by atoms with E-state index in [1.807, 2.05) is 12.1 Å². The van der Waals surface area contributed by atoms with E-state index in [0.29, 0.717) is 18.9 Å². The highest BCUT2D eigenvalue weighted by Gasteiger charge is 2.10. The molecule has 0 aromatic heterocycles. The van der Waals surface area contributed by atoms with Gasteiger partial charge in [0.2, 0.25) is 0 Å². The highest BCUT2D eigenvalue weighted by atomic mass is 19.1. The van der Waals surface area contributed by atoms with Crippen molar-refractivity contribution in [2.24, 2.45) is 11.7 Å². The van der Waals surface area contributed by atoms with Gasteiger partial charge in [0, 0.05) is 13.7 Å². The number of halogens is 1. The Morgan fingerprint density at radius 3 is 2.75 bits per heavy atom. The Kier molecular flexibility index (Phi) is 6.04. The first-order valence-electron chi connectivity index (χ1n) is 5.70. The minimum atomic E-state index is -0.132. The summed E-state index contributed by atoms with van der Waals surface area (Å²) in [5.74, 6) is 0.208. The predicted molar refractivity (Wildman–Crippen MR) is 63.8 cm³/mol. The molecule has 0 saturated heterocycles. The Labute approximate surface area is 96.6 Å². The van der Waals surface area contributed by atoms with Crippen molar-refractivity contribution in [1.82, 2.24) is 0 Å². The zero-order chi connectivity index (χ0) is 11.8. The number of hydrogen-bond acceptors (Lipinski definition) is 2. The van der Waals surface area contributed by atoms with E-state index in [0.717, 1.165) is 25.0 Å². The zero-order valence-electron chi connectivity index (χ0n) is 9.79. The molecule has 1 atom stereocenters. The first-order valence-corrected chi connectivity index (χ1v) is 5.70. The van der Waals surface area contributed by atoms with Crippen molar-refractivity contribution in [2.45, 2.75) is 19.3 Å². The lowest BCUT2D eigenvalue weighted by molar-refractivity contribution is 0.187. The first kappa shape index (κ1) is 13.1. The van der Waals surface area contributed by atoms with Crippen LogP contribution in [0.5, 0.6) is 0 Å². The lowest BCUT2D eigenvalue weighted by Crippen LogP contribution is -2.18. The number of benzene rings is 1. The van der Waals surface area contributed by atoms with Gasteiger partial charge in [0.15, 0.2) is 0 Å². The average molecular weight is 225 g/mol. The Morgan fingerprint density at radius 2 is 2.12 bits per heavy atom. The van der Waals surface area contributed by atoms with E-state index in [4.69, 9.17) is 10.5 Å². The molecule has 1 aromatic rings. The maximum absolute atomic E-state index is 13.4. The molecule has 0 spiro atoms. The van der Waals surface area contributed by atoms with Crippen molar-refractivity contribution in [2.75, 3.05) is 20.3 Å². The molecule has 0 aliphatic carbocycles. The van der Waals surface area contributed by atoms with Crippen LogP contribution in [0.25, 0.3) is 0 Å². The molecule has 0 fully saturated rings. The second kappa shape index (κ2) is 7.36. The molecule has 2 N–H and O–H groups in total. The molecule has 3 heteroatoms. The van der Waals surface area contributed by atoms with Crippen molar-refractivity contribution in [3.63, 3.8) is 0 Å². The quantitative estimate of drug-likeness (QED) is 0.723. The smallest absolute Gasteiger partial charge is 0.126 e. The van der Waals surface area contributed by atoms with Crippen LogP contribution in [0.15, 0.2) is 24.3 Å². The van der Waals surface area contributed by atoms with E-state index >= 15 is 0 Å². The molecule has 1 unspecified atom stereocenters. The summed E-state index contributed by atoms with van der Waals surface area (Å²) >= 11 is 0. The van der Waals surface area contributed by atoms with E-state index in [9.17, 15) is 4.39 Å². The third kappa shape index (κ3) is 4.29. The van der Waals surface area contributed by atoms with Gasteiger partial charge in [-0.05, 0) is 43.4 Å². The van der Waals surface area contributed by atoms with E-state index < -0.39 is 0 Å². The third-order valence-corrected chi connectivity index (χ3v) is 2.76. The van der Waals surface area contributed by atoms with Crippen LogP contribution in [0.1, 0.15) is 18.4 Å². The summed E-state index contributed by atoms with van der Waals surface area (Å²) in [6, 6.07) is 6.90. The average Bonchev–Trinajstić information content (AvgIpc) is 2.30. The fourth-order valence-electron chi connectivity index (χ4n) is 1.79. The van der Waals surface area contributed by atoms with Gasteiger partial charge in [-0.1, -0.05) is 18.2 Å². The summed E-state index contributed by atoms with van der Waals surface area (Å²) < 4.78 is 18.4. The van der Waals surface area contributed by atoms with Gasteiger partial charge in [-0.25, -0.2) is 4.39 Å². The molecule has 0 bridgehead atoms. The van der Waals surface area contributed by atoms with Gasteiger partial charge in [0.25, 0.3) is 0 Å². The van der Waals surface area contributed by atoms with E-state index in [-0.39, 0.29) is 5.82 Å². The van der Waals surface area contributed by atoms with Crippen molar-refractivity contribution >= 4 is 0 Å². The Hall–Kier alpha value is -0.930. The lowest BCUT2D eigenvalue weighted by Gasteiger charge is -2.14. The molecule has 0 radical (unpaired) electrons. The summed E-state index contributed by atoms with van der Waals surface area (Å²) in [4.78, 5) is 0. The molecule has 0 heterocycles. The van der Waals surface area contributed by atoms with Crippen LogP contribution in [0.2, 0.25) is 0 Å². The number of rotatable bonds is 7. The predicted octanol–water partition coefficient (Wildman–Crippen LogP) is 2.37. The van der Waals surface area contributed by atoms with Crippen molar-refractivity contribution in [3.8, 4) is 0 Å². The van der Waals surface area contributed by atoms with Crippen LogP contribution in [-0.4, -0.2) is 20.3 Å². The fraction of sp³-hybridized carbons (Fsp3) is 0.538. The van der Waals surface area contributed by atoms with E-state index in [1.165, 1.54) is 6.07 Å². The van der Waals surface area contributed by atoms with Crippen molar-refractivity contribution in [1.29, 1.82) is 0 Å². The van der Waals surface area contributed by atoms with Crippen LogP contribution >= 0.6 is 0 Å². The number of hydrogen-bond donors (Lipinski definition) is 1. The molecule has 0 amide bonds. The van der Waals surface area contributed by atoms with Crippen LogP contribution < -0.4 is 5.73 Å². The Bertz CT molecular complexity index is 304. The van der Waals surface area contributed by atoms with Gasteiger partial charge in [-0.3, -0.25) is 0 Å². The van der Waals surface area contributed by atoms with Crippen LogP contribution in [-0.2, 0) is 11.2 Å². The molecule has 0 aliphatic rings. The molecule has 2 nitrogen and oxygen atoms in total. The van der Waals surface area contributed by atoms with Crippen LogP contribution in [0, 0.1) is 11.7 Å². The summed E-state index contributed by atoms with van der Waals surface area (Å²) in [7, 11) is 1.69. The minimum Gasteiger partial charge on any atom is -0.385 e. The van der Waals surface area contributed by atoms with Gasteiger partial charge in [0.1, 0.15) is 5.82 Å².